The predicted octanol–water partition coefficient (Wildman–Crippen LogP) is 4.30. The van der Waals surface area contributed by atoms with Gasteiger partial charge in [-0.2, -0.15) is 0 Å². The summed E-state index contributed by atoms with van der Waals surface area (Å²) in [5, 5.41) is 15.0. The van der Waals surface area contributed by atoms with Crippen LogP contribution in [-0.2, 0) is 4.79 Å². The summed E-state index contributed by atoms with van der Waals surface area (Å²) < 4.78 is 0. The molecule has 2 N–H and O–H groups in total. The van der Waals surface area contributed by atoms with E-state index in [1.165, 1.54) is 11.3 Å². The molecule has 0 saturated carbocycles. The zero-order valence-electron chi connectivity index (χ0n) is 16.7. The predicted molar refractivity (Wildman–Crippen MR) is 116 cm³/mol. The van der Waals surface area contributed by atoms with Crippen LogP contribution in [0.2, 0.25) is 0 Å². The topological polar surface area (TPSA) is 84.0 Å². The van der Waals surface area contributed by atoms with Gasteiger partial charge in [0.15, 0.2) is 0 Å². The second kappa shape index (κ2) is 9.43. The minimum atomic E-state index is -0.669. The van der Waals surface area contributed by atoms with Crippen molar-refractivity contribution in [1.82, 2.24) is 15.5 Å². The molecular formula is C22H24N4O2S. The molecule has 0 bridgehead atoms. The standard InChI is InChI=1S/C22H24N4O2S/c1-4-15(3)18(23-19(27)16-12-10-14(2)11-13-16)20(28)24-22-26-25-21(29-22)17-8-6-5-7-9-17/h5-13,15,18H,4H2,1-3H3,(H,23,27)(H,24,26,28)/t15-,18+/m0/s1. The van der Waals surface area contributed by atoms with Crippen LogP contribution in [0.4, 0.5) is 5.13 Å². The summed E-state index contributed by atoms with van der Waals surface area (Å²) in [7, 11) is 0. The summed E-state index contributed by atoms with van der Waals surface area (Å²) in [6, 6.07) is 16.3. The Bertz CT molecular complexity index is 970. The van der Waals surface area contributed by atoms with E-state index in [0.29, 0.717) is 10.7 Å². The van der Waals surface area contributed by atoms with Crippen molar-refractivity contribution in [3.05, 3.63) is 65.7 Å². The molecule has 0 radical (unpaired) electrons. The number of hydrogen-bond acceptors (Lipinski definition) is 5. The third-order valence-electron chi connectivity index (χ3n) is 4.77. The van der Waals surface area contributed by atoms with Crippen LogP contribution in [0, 0.1) is 12.8 Å². The summed E-state index contributed by atoms with van der Waals surface area (Å²) in [4.78, 5) is 25.5. The van der Waals surface area contributed by atoms with Gasteiger partial charge in [0.1, 0.15) is 11.0 Å². The molecule has 0 saturated heterocycles. The number of hydrogen-bond donors (Lipinski definition) is 2. The first-order valence-corrected chi connectivity index (χ1v) is 10.4. The van der Waals surface area contributed by atoms with Crippen LogP contribution in [0.3, 0.4) is 0 Å². The monoisotopic (exact) mass is 408 g/mol. The second-order valence-corrected chi connectivity index (χ2v) is 7.95. The molecule has 2 aromatic carbocycles. The Morgan fingerprint density at radius 3 is 2.38 bits per heavy atom. The van der Waals surface area contributed by atoms with E-state index in [2.05, 4.69) is 20.8 Å². The number of aryl methyl sites for hydroxylation is 1. The van der Waals surface area contributed by atoms with Crippen LogP contribution in [0.1, 0.15) is 36.2 Å². The van der Waals surface area contributed by atoms with Gasteiger partial charge >= 0.3 is 0 Å². The number of carbonyl (C=O) groups excluding carboxylic acids is 2. The quantitative estimate of drug-likeness (QED) is 0.611. The minimum Gasteiger partial charge on any atom is -0.340 e. The molecule has 3 rings (SSSR count). The summed E-state index contributed by atoms with van der Waals surface area (Å²) in [6.07, 6.45) is 0.748. The first-order valence-electron chi connectivity index (χ1n) is 9.55. The van der Waals surface area contributed by atoms with E-state index >= 15 is 0 Å². The number of aromatic nitrogens is 2. The van der Waals surface area contributed by atoms with Crippen molar-refractivity contribution in [1.29, 1.82) is 0 Å². The van der Waals surface area contributed by atoms with Crippen LogP contribution >= 0.6 is 11.3 Å². The second-order valence-electron chi connectivity index (χ2n) is 6.97. The van der Waals surface area contributed by atoms with Gasteiger partial charge in [-0.25, -0.2) is 0 Å². The molecule has 29 heavy (non-hydrogen) atoms. The summed E-state index contributed by atoms with van der Waals surface area (Å²) in [5.74, 6) is -0.603. The van der Waals surface area contributed by atoms with E-state index in [1.54, 1.807) is 12.1 Å². The lowest BCUT2D eigenvalue weighted by Crippen LogP contribution is -2.47. The van der Waals surface area contributed by atoms with E-state index in [1.807, 2.05) is 63.2 Å². The van der Waals surface area contributed by atoms with Gasteiger partial charge in [0, 0.05) is 11.1 Å². The van der Waals surface area contributed by atoms with Gasteiger partial charge in [0.05, 0.1) is 0 Å². The highest BCUT2D eigenvalue weighted by Gasteiger charge is 2.27. The smallest absolute Gasteiger partial charge is 0.251 e. The third kappa shape index (κ3) is 5.26. The van der Waals surface area contributed by atoms with Gasteiger partial charge < -0.3 is 5.32 Å². The van der Waals surface area contributed by atoms with Crippen molar-refractivity contribution in [2.24, 2.45) is 5.92 Å². The van der Waals surface area contributed by atoms with Crippen molar-refractivity contribution < 1.29 is 9.59 Å². The number of carbonyl (C=O) groups is 2. The number of anilines is 1. The highest BCUT2D eigenvalue weighted by Crippen LogP contribution is 2.26. The van der Waals surface area contributed by atoms with Crippen molar-refractivity contribution in [2.75, 3.05) is 5.32 Å². The largest absolute Gasteiger partial charge is 0.340 e. The first-order chi connectivity index (χ1) is 14.0. The van der Waals surface area contributed by atoms with Crippen molar-refractivity contribution >= 4 is 28.3 Å². The molecule has 0 aliphatic heterocycles. The van der Waals surface area contributed by atoms with Crippen molar-refractivity contribution in [3.8, 4) is 10.6 Å². The highest BCUT2D eigenvalue weighted by molar-refractivity contribution is 7.18. The highest BCUT2D eigenvalue weighted by atomic mass is 32.1. The van der Waals surface area contributed by atoms with Gasteiger partial charge in [0.2, 0.25) is 11.0 Å². The molecule has 1 aromatic heterocycles. The van der Waals surface area contributed by atoms with Gasteiger partial charge in [-0.15, -0.1) is 10.2 Å². The zero-order valence-corrected chi connectivity index (χ0v) is 17.5. The van der Waals surface area contributed by atoms with Crippen LogP contribution in [0.15, 0.2) is 54.6 Å². The van der Waals surface area contributed by atoms with E-state index in [9.17, 15) is 9.59 Å². The molecule has 0 fully saturated rings. The lowest BCUT2D eigenvalue weighted by molar-refractivity contribution is -0.119. The Labute approximate surface area is 174 Å². The zero-order chi connectivity index (χ0) is 20.8. The Morgan fingerprint density at radius 1 is 1.03 bits per heavy atom. The Balaban J connectivity index is 1.72. The Hall–Kier alpha value is -3.06. The lowest BCUT2D eigenvalue weighted by Gasteiger charge is -2.23. The average molecular weight is 409 g/mol. The molecule has 0 aliphatic rings. The third-order valence-corrected chi connectivity index (χ3v) is 5.66. The molecule has 6 nitrogen and oxygen atoms in total. The summed E-state index contributed by atoms with van der Waals surface area (Å²) in [5.41, 5.74) is 2.54. The van der Waals surface area contributed by atoms with Gasteiger partial charge in [-0.3, -0.25) is 14.9 Å². The summed E-state index contributed by atoms with van der Waals surface area (Å²) in [6.45, 7) is 5.89. The van der Waals surface area contributed by atoms with Crippen molar-refractivity contribution in [3.63, 3.8) is 0 Å². The van der Waals surface area contributed by atoms with E-state index in [-0.39, 0.29) is 17.7 Å². The number of benzene rings is 2. The molecule has 0 aliphatic carbocycles. The Morgan fingerprint density at radius 2 is 1.72 bits per heavy atom. The van der Waals surface area contributed by atoms with Gasteiger partial charge in [-0.1, -0.05) is 79.6 Å². The van der Waals surface area contributed by atoms with Gasteiger partial charge in [-0.05, 0) is 25.0 Å². The molecule has 7 heteroatoms. The molecule has 0 spiro atoms. The minimum absolute atomic E-state index is 0.0362. The number of nitrogens with zero attached hydrogens (tertiary/aromatic N) is 2. The van der Waals surface area contributed by atoms with E-state index in [4.69, 9.17) is 0 Å². The van der Waals surface area contributed by atoms with Crippen LogP contribution in [0.25, 0.3) is 10.6 Å². The summed E-state index contributed by atoms with van der Waals surface area (Å²) >= 11 is 1.30. The number of nitrogens with one attached hydrogen (secondary N) is 2. The van der Waals surface area contributed by atoms with Gasteiger partial charge in [0.25, 0.3) is 5.91 Å². The molecule has 1 heterocycles. The van der Waals surface area contributed by atoms with E-state index < -0.39 is 6.04 Å². The van der Waals surface area contributed by atoms with Crippen LogP contribution < -0.4 is 10.6 Å². The van der Waals surface area contributed by atoms with Crippen LogP contribution in [-0.4, -0.2) is 28.1 Å². The van der Waals surface area contributed by atoms with Crippen LogP contribution in [0.5, 0.6) is 0 Å². The molecule has 2 atom stereocenters. The fraction of sp³-hybridized carbons (Fsp3) is 0.273. The fourth-order valence-electron chi connectivity index (χ4n) is 2.79. The lowest BCUT2D eigenvalue weighted by atomic mass is 9.98. The number of amides is 2. The average Bonchev–Trinajstić information content (AvgIpc) is 3.20. The molecule has 2 amide bonds. The number of rotatable bonds is 7. The maximum absolute atomic E-state index is 12.9. The van der Waals surface area contributed by atoms with Crippen molar-refractivity contribution in [2.45, 2.75) is 33.2 Å². The fourth-order valence-corrected chi connectivity index (χ4v) is 3.54. The maximum Gasteiger partial charge on any atom is 0.251 e. The first kappa shape index (κ1) is 20.7. The molecule has 3 aromatic rings. The normalized spacial score (nSPS) is 12.8. The molecule has 150 valence electrons. The van der Waals surface area contributed by atoms with E-state index in [0.717, 1.165) is 22.6 Å². The molecule has 0 unspecified atom stereocenters. The Kier molecular flexibility index (Phi) is 6.72. The SMILES string of the molecule is CC[C@H](C)[C@@H](NC(=O)c1ccc(C)cc1)C(=O)Nc1nnc(-c2ccccc2)s1. The maximum atomic E-state index is 12.9. The molecular weight excluding hydrogens is 384 g/mol.